The zero-order valence-corrected chi connectivity index (χ0v) is 15.7. The molecule has 0 saturated heterocycles. The van der Waals surface area contributed by atoms with Crippen molar-refractivity contribution in [2.75, 3.05) is 13.7 Å². The topological polar surface area (TPSA) is 41.6 Å². The molecule has 0 bridgehead atoms. The number of carbonyl (C=O) groups is 1. The van der Waals surface area contributed by atoms with E-state index in [9.17, 15) is 4.79 Å². The zero-order valence-electron chi connectivity index (χ0n) is 15.0. The highest BCUT2D eigenvalue weighted by molar-refractivity contribution is 6.30. The average Bonchev–Trinajstić information content (AvgIpc) is 2.60. The summed E-state index contributed by atoms with van der Waals surface area (Å²) in [6.07, 6.45) is 0. The monoisotopic (exact) mass is 360 g/mol. The van der Waals surface area contributed by atoms with Gasteiger partial charge in [0.05, 0.1) is 0 Å². The van der Waals surface area contributed by atoms with Crippen LogP contribution in [0.5, 0.6) is 5.75 Å². The van der Waals surface area contributed by atoms with Crippen molar-refractivity contribution in [3.63, 3.8) is 0 Å². The van der Waals surface area contributed by atoms with Gasteiger partial charge in [0, 0.05) is 24.2 Å². The maximum Gasteiger partial charge on any atom is 0.258 e. The number of nitrogens with one attached hydrogen (secondary N) is 1. The van der Waals surface area contributed by atoms with E-state index in [2.05, 4.69) is 37.2 Å². The Balaban J connectivity index is 1.86. The SMILES string of the molecule is CC(C)N(C)Cc1ccccc1CNC(=O)COc1ccc(Cl)cc1. The lowest BCUT2D eigenvalue weighted by molar-refractivity contribution is -0.123. The van der Waals surface area contributed by atoms with Gasteiger partial charge >= 0.3 is 0 Å². The minimum Gasteiger partial charge on any atom is -0.484 e. The van der Waals surface area contributed by atoms with Gasteiger partial charge in [0.15, 0.2) is 6.61 Å². The number of hydrogen-bond donors (Lipinski definition) is 1. The van der Waals surface area contributed by atoms with Gasteiger partial charge in [0.25, 0.3) is 5.91 Å². The van der Waals surface area contributed by atoms with Crippen molar-refractivity contribution in [3.05, 3.63) is 64.7 Å². The molecule has 0 unspecified atom stereocenters. The van der Waals surface area contributed by atoms with Crippen LogP contribution in [0.1, 0.15) is 25.0 Å². The lowest BCUT2D eigenvalue weighted by atomic mass is 10.1. The molecule has 1 N–H and O–H groups in total. The van der Waals surface area contributed by atoms with Gasteiger partial charge in [0.2, 0.25) is 0 Å². The third-order valence-electron chi connectivity index (χ3n) is 4.08. The van der Waals surface area contributed by atoms with Gasteiger partial charge in [-0.15, -0.1) is 0 Å². The van der Waals surface area contributed by atoms with Crippen LogP contribution < -0.4 is 10.1 Å². The Bertz CT molecular complexity index is 686. The van der Waals surface area contributed by atoms with Crippen LogP contribution in [-0.2, 0) is 17.9 Å². The number of hydrogen-bond acceptors (Lipinski definition) is 3. The molecule has 0 fully saturated rings. The molecule has 0 radical (unpaired) electrons. The number of amides is 1. The van der Waals surface area contributed by atoms with Crippen LogP contribution >= 0.6 is 11.6 Å². The minimum atomic E-state index is -0.151. The second kappa shape index (κ2) is 9.44. The van der Waals surface area contributed by atoms with E-state index >= 15 is 0 Å². The number of halogens is 1. The van der Waals surface area contributed by atoms with Crippen molar-refractivity contribution in [1.29, 1.82) is 0 Å². The number of benzene rings is 2. The third kappa shape index (κ3) is 6.40. The van der Waals surface area contributed by atoms with Crippen molar-refractivity contribution in [1.82, 2.24) is 10.2 Å². The van der Waals surface area contributed by atoms with Crippen LogP contribution in [0.4, 0.5) is 0 Å². The van der Waals surface area contributed by atoms with E-state index in [0.717, 1.165) is 12.1 Å². The van der Waals surface area contributed by atoms with Crippen molar-refractivity contribution < 1.29 is 9.53 Å². The molecule has 0 saturated carbocycles. The van der Waals surface area contributed by atoms with Crippen molar-refractivity contribution in [3.8, 4) is 5.75 Å². The fourth-order valence-corrected chi connectivity index (χ4v) is 2.39. The smallest absolute Gasteiger partial charge is 0.258 e. The first-order chi connectivity index (χ1) is 12.0. The summed E-state index contributed by atoms with van der Waals surface area (Å²) in [6, 6.07) is 15.6. The van der Waals surface area contributed by atoms with Gasteiger partial charge in [-0.3, -0.25) is 9.69 Å². The molecule has 2 aromatic rings. The van der Waals surface area contributed by atoms with E-state index in [-0.39, 0.29) is 12.5 Å². The van der Waals surface area contributed by atoms with Crippen LogP contribution in [0.3, 0.4) is 0 Å². The maximum atomic E-state index is 12.0. The molecule has 4 nitrogen and oxygen atoms in total. The van der Waals surface area contributed by atoms with E-state index in [4.69, 9.17) is 16.3 Å². The number of carbonyl (C=O) groups excluding carboxylic acids is 1. The molecule has 0 aliphatic carbocycles. The van der Waals surface area contributed by atoms with E-state index in [1.165, 1.54) is 5.56 Å². The van der Waals surface area contributed by atoms with Gasteiger partial charge in [-0.25, -0.2) is 0 Å². The molecule has 134 valence electrons. The van der Waals surface area contributed by atoms with Gasteiger partial charge in [0.1, 0.15) is 5.75 Å². The molecular formula is C20H25ClN2O2. The molecule has 0 spiro atoms. The molecule has 0 aliphatic rings. The predicted molar refractivity (Wildman–Crippen MR) is 102 cm³/mol. The van der Waals surface area contributed by atoms with Gasteiger partial charge in [-0.2, -0.15) is 0 Å². The molecule has 25 heavy (non-hydrogen) atoms. The van der Waals surface area contributed by atoms with Crippen LogP contribution in [0.2, 0.25) is 5.02 Å². The highest BCUT2D eigenvalue weighted by Gasteiger charge is 2.09. The highest BCUT2D eigenvalue weighted by Crippen LogP contribution is 2.15. The lowest BCUT2D eigenvalue weighted by Gasteiger charge is -2.22. The van der Waals surface area contributed by atoms with Crippen LogP contribution in [0.25, 0.3) is 0 Å². The second-order valence-corrected chi connectivity index (χ2v) is 6.73. The van der Waals surface area contributed by atoms with E-state index in [1.54, 1.807) is 24.3 Å². The van der Waals surface area contributed by atoms with Crippen LogP contribution in [-0.4, -0.2) is 30.5 Å². The van der Waals surface area contributed by atoms with E-state index in [1.807, 2.05) is 18.2 Å². The molecule has 5 heteroatoms. The third-order valence-corrected chi connectivity index (χ3v) is 4.33. The summed E-state index contributed by atoms with van der Waals surface area (Å²) in [4.78, 5) is 14.3. The first-order valence-electron chi connectivity index (χ1n) is 8.38. The molecular weight excluding hydrogens is 336 g/mol. The molecule has 0 atom stereocenters. The van der Waals surface area contributed by atoms with Crippen LogP contribution in [0.15, 0.2) is 48.5 Å². The minimum absolute atomic E-state index is 0.0182. The molecule has 2 rings (SSSR count). The van der Waals surface area contributed by atoms with Gasteiger partial charge in [-0.1, -0.05) is 35.9 Å². The predicted octanol–water partition coefficient (Wildman–Crippen LogP) is 3.88. The van der Waals surface area contributed by atoms with Gasteiger partial charge < -0.3 is 10.1 Å². The lowest BCUT2D eigenvalue weighted by Crippen LogP contribution is -2.30. The fraction of sp³-hybridized carbons (Fsp3) is 0.350. The summed E-state index contributed by atoms with van der Waals surface area (Å²) in [5.41, 5.74) is 2.34. The second-order valence-electron chi connectivity index (χ2n) is 6.30. The normalized spacial score (nSPS) is 11.0. The highest BCUT2D eigenvalue weighted by atomic mass is 35.5. The fourth-order valence-electron chi connectivity index (χ4n) is 2.26. The molecule has 1 amide bonds. The Labute approximate surface area is 154 Å². The summed E-state index contributed by atoms with van der Waals surface area (Å²) in [6.45, 7) is 5.66. The number of nitrogens with zero attached hydrogens (tertiary/aromatic N) is 1. The largest absolute Gasteiger partial charge is 0.484 e. The average molecular weight is 361 g/mol. The summed E-state index contributed by atoms with van der Waals surface area (Å²) >= 11 is 5.82. The van der Waals surface area contributed by atoms with Crippen LogP contribution in [0, 0.1) is 0 Å². The van der Waals surface area contributed by atoms with Crippen molar-refractivity contribution >= 4 is 17.5 Å². The molecule has 0 aromatic heterocycles. The van der Waals surface area contributed by atoms with E-state index < -0.39 is 0 Å². The van der Waals surface area contributed by atoms with Gasteiger partial charge in [-0.05, 0) is 56.3 Å². The molecule has 0 heterocycles. The zero-order chi connectivity index (χ0) is 18.2. The first kappa shape index (κ1) is 19.3. The maximum absolute atomic E-state index is 12.0. The van der Waals surface area contributed by atoms with E-state index in [0.29, 0.717) is 23.4 Å². The Kier molecular flexibility index (Phi) is 7.29. The summed E-state index contributed by atoms with van der Waals surface area (Å²) < 4.78 is 5.46. The quantitative estimate of drug-likeness (QED) is 0.776. The number of ether oxygens (including phenoxy) is 1. The summed E-state index contributed by atoms with van der Waals surface area (Å²) in [7, 11) is 2.10. The Hall–Kier alpha value is -2.04. The summed E-state index contributed by atoms with van der Waals surface area (Å²) in [5, 5.41) is 3.55. The van der Waals surface area contributed by atoms with Crippen molar-refractivity contribution in [2.24, 2.45) is 0 Å². The summed E-state index contributed by atoms with van der Waals surface area (Å²) in [5.74, 6) is 0.473. The molecule has 0 aliphatic heterocycles. The Morgan fingerprint density at radius 3 is 2.40 bits per heavy atom. The Morgan fingerprint density at radius 2 is 1.76 bits per heavy atom. The van der Waals surface area contributed by atoms with Crippen molar-refractivity contribution in [2.45, 2.75) is 33.0 Å². The Morgan fingerprint density at radius 1 is 1.12 bits per heavy atom. The first-order valence-corrected chi connectivity index (χ1v) is 8.75. The molecule has 2 aromatic carbocycles. The standard InChI is InChI=1S/C20H25ClN2O2/c1-15(2)23(3)13-17-7-5-4-6-16(17)12-22-20(24)14-25-19-10-8-18(21)9-11-19/h4-11,15H,12-14H2,1-3H3,(H,22,24). The number of rotatable bonds is 8.